The van der Waals surface area contributed by atoms with Crippen LogP contribution in [-0.4, -0.2) is 98.3 Å². The van der Waals surface area contributed by atoms with E-state index in [1.165, 1.54) is 29.2 Å². The van der Waals surface area contributed by atoms with Crippen LogP contribution in [0.3, 0.4) is 0 Å². The van der Waals surface area contributed by atoms with Crippen molar-refractivity contribution < 1.29 is 32.3 Å². The van der Waals surface area contributed by atoms with Gasteiger partial charge in [-0.25, -0.2) is 18.2 Å². The number of nitrogens with zero attached hydrogens (tertiary/aromatic N) is 4. The van der Waals surface area contributed by atoms with Crippen molar-refractivity contribution in [2.24, 2.45) is 17.3 Å². The third kappa shape index (κ3) is 9.22. The van der Waals surface area contributed by atoms with E-state index in [1.54, 1.807) is 33.0 Å². The minimum atomic E-state index is -1.31. The first-order valence-electron chi connectivity index (χ1n) is 21.2. The second-order valence-corrected chi connectivity index (χ2v) is 17.8. The first-order valence-corrected chi connectivity index (χ1v) is 21.2. The average molecular weight is 820 g/mol. The number of imidazole rings is 1. The Hall–Kier alpha value is -4.72. The number of fused-ring (bicyclic) bond motifs is 2. The average Bonchev–Trinajstić information content (AvgIpc) is 3.98. The number of likely N-dealkylation sites (tertiary alicyclic amines) is 2. The molecule has 2 aromatic carbocycles. The van der Waals surface area contributed by atoms with Gasteiger partial charge < -0.3 is 30.0 Å². The molecular formula is C45H60F3N7O4. The number of hydrogen-bond acceptors (Lipinski definition) is 6. The molecule has 2 aliphatic rings. The van der Waals surface area contributed by atoms with Crippen molar-refractivity contribution in [3.63, 3.8) is 0 Å². The standard InChI is InChI=1S/C45H60F3N7O4/c1-9-25(3)42(57)52-40(45(5,6)7)44(59)54-23-30(48)19-32(54)24-55-37-16-14-29(47)21-36(37)51-41(55)39-34(33-15-13-28(46)20-35(33)50-39)22-31-12-11-17-53(31)43(58)27(10-2)18-38(56)26(4)49-8/h13-16,20-21,25-27,30-32,40,49-50H,9-12,17-19,22-24H2,1-8H3,(H,52,57). The summed E-state index contributed by atoms with van der Waals surface area (Å²) in [7, 11) is 1.72. The molecule has 59 heavy (non-hydrogen) atoms. The minimum Gasteiger partial charge on any atom is -0.352 e. The van der Waals surface area contributed by atoms with Crippen molar-refractivity contribution >= 4 is 45.4 Å². The van der Waals surface area contributed by atoms with Crippen molar-refractivity contribution in [2.75, 3.05) is 20.1 Å². The number of hydrogen-bond donors (Lipinski definition) is 3. The highest BCUT2D eigenvalue weighted by Crippen LogP contribution is 2.38. The van der Waals surface area contributed by atoms with Crippen LogP contribution in [0.15, 0.2) is 36.4 Å². The number of ketones is 1. The number of carbonyl (C=O) groups is 4. The van der Waals surface area contributed by atoms with Crippen molar-refractivity contribution in [3.8, 4) is 11.5 Å². The quantitative estimate of drug-likeness (QED) is 0.117. The molecule has 3 amide bonds. The van der Waals surface area contributed by atoms with E-state index >= 15 is 4.39 Å². The zero-order chi connectivity index (χ0) is 42.9. The van der Waals surface area contributed by atoms with Crippen LogP contribution in [0.5, 0.6) is 0 Å². The maximum atomic E-state index is 15.5. The van der Waals surface area contributed by atoms with E-state index in [9.17, 15) is 28.0 Å². The molecule has 7 atom stereocenters. The molecule has 3 N–H and O–H groups in total. The number of aromatic nitrogens is 3. The molecule has 2 saturated heterocycles. The zero-order valence-electron chi connectivity index (χ0n) is 35.6. The Balaban J connectivity index is 1.40. The summed E-state index contributed by atoms with van der Waals surface area (Å²) in [5, 5.41) is 6.66. The number of carbonyl (C=O) groups excluding carboxylic acids is 4. The normalized spacial score (nSPS) is 20.6. The number of aromatic amines is 1. The second-order valence-electron chi connectivity index (χ2n) is 17.8. The largest absolute Gasteiger partial charge is 0.352 e. The van der Waals surface area contributed by atoms with Gasteiger partial charge in [0.1, 0.15) is 29.6 Å². The van der Waals surface area contributed by atoms with Gasteiger partial charge in [0.2, 0.25) is 17.7 Å². The number of Topliss-reactive ketones (excluding diaryl/α,β-unsaturated/α-hetero) is 1. The van der Waals surface area contributed by atoms with Crippen molar-refractivity contribution in [2.45, 2.75) is 130 Å². The Morgan fingerprint density at radius 1 is 0.966 bits per heavy atom. The smallest absolute Gasteiger partial charge is 0.246 e. The molecule has 14 heteroatoms. The Kier molecular flexibility index (Phi) is 13.3. The zero-order valence-corrected chi connectivity index (χ0v) is 35.6. The molecule has 6 rings (SSSR count). The maximum absolute atomic E-state index is 15.5. The minimum absolute atomic E-state index is 0.0221. The molecule has 2 aliphatic heterocycles. The predicted octanol–water partition coefficient (Wildman–Crippen LogP) is 7.11. The summed E-state index contributed by atoms with van der Waals surface area (Å²) in [6, 6.07) is 6.61. The Morgan fingerprint density at radius 3 is 2.36 bits per heavy atom. The molecule has 320 valence electrons. The van der Waals surface area contributed by atoms with E-state index in [4.69, 9.17) is 4.98 Å². The molecule has 0 aliphatic carbocycles. The monoisotopic (exact) mass is 819 g/mol. The highest BCUT2D eigenvalue weighted by molar-refractivity contribution is 5.93. The fourth-order valence-electron chi connectivity index (χ4n) is 8.70. The number of halogens is 3. The predicted molar refractivity (Wildman–Crippen MR) is 223 cm³/mol. The molecule has 11 nitrogen and oxygen atoms in total. The molecule has 2 fully saturated rings. The summed E-state index contributed by atoms with van der Waals surface area (Å²) >= 11 is 0. The third-order valence-corrected chi connectivity index (χ3v) is 12.6. The van der Waals surface area contributed by atoms with E-state index in [1.807, 2.05) is 44.1 Å². The van der Waals surface area contributed by atoms with E-state index in [-0.39, 0.29) is 67.4 Å². The van der Waals surface area contributed by atoms with Crippen molar-refractivity contribution in [1.29, 1.82) is 0 Å². The molecule has 2 aromatic heterocycles. The molecule has 4 aromatic rings. The number of amides is 3. The highest BCUT2D eigenvalue weighted by atomic mass is 19.1. The maximum Gasteiger partial charge on any atom is 0.246 e. The van der Waals surface area contributed by atoms with Gasteiger partial charge in [-0.05, 0) is 87.4 Å². The van der Waals surface area contributed by atoms with Crippen LogP contribution < -0.4 is 10.6 Å². The van der Waals surface area contributed by atoms with E-state index in [0.29, 0.717) is 53.9 Å². The number of likely N-dealkylation sites (N-methyl/N-ethyl adjacent to an activating group) is 1. The lowest BCUT2D eigenvalue weighted by molar-refractivity contribution is -0.141. The molecule has 0 spiro atoms. The lowest BCUT2D eigenvalue weighted by Gasteiger charge is -2.36. The molecule has 0 radical (unpaired) electrons. The van der Waals surface area contributed by atoms with Crippen molar-refractivity contribution in [3.05, 3.63) is 53.6 Å². The summed E-state index contributed by atoms with van der Waals surface area (Å²) in [5.41, 5.74) is 2.09. The van der Waals surface area contributed by atoms with E-state index in [2.05, 4.69) is 15.6 Å². The molecule has 0 bridgehead atoms. The molecule has 0 saturated carbocycles. The molecule has 7 unspecified atom stereocenters. The summed E-state index contributed by atoms with van der Waals surface area (Å²) in [6.45, 7) is 13.5. The Labute approximate surface area is 344 Å². The van der Waals surface area contributed by atoms with Crippen LogP contribution in [0.2, 0.25) is 0 Å². The van der Waals surface area contributed by atoms with Gasteiger partial charge in [0.15, 0.2) is 5.82 Å². The van der Waals surface area contributed by atoms with E-state index < -0.39 is 41.2 Å². The van der Waals surface area contributed by atoms with Crippen molar-refractivity contribution in [1.82, 2.24) is 35.0 Å². The number of rotatable bonds is 15. The number of H-pyrrole nitrogens is 1. The van der Waals surface area contributed by atoms with Gasteiger partial charge in [-0.1, -0.05) is 41.5 Å². The molecule has 4 heterocycles. The van der Waals surface area contributed by atoms with Crippen LogP contribution in [0, 0.1) is 28.9 Å². The fourth-order valence-corrected chi connectivity index (χ4v) is 8.70. The Morgan fingerprint density at radius 2 is 1.68 bits per heavy atom. The van der Waals surface area contributed by atoms with Crippen LogP contribution in [-0.2, 0) is 32.1 Å². The van der Waals surface area contributed by atoms with Crippen LogP contribution in [0.1, 0.15) is 92.6 Å². The number of nitrogens with one attached hydrogen (secondary N) is 3. The van der Waals surface area contributed by atoms with Gasteiger partial charge in [-0.3, -0.25) is 19.2 Å². The summed E-state index contributed by atoms with van der Waals surface area (Å²) in [6.07, 6.45) is 1.88. The fraction of sp³-hybridized carbons (Fsp3) is 0.578. The van der Waals surface area contributed by atoms with Gasteiger partial charge in [0, 0.05) is 60.8 Å². The van der Waals surface area contributed by atoms with Gasteiger partial charge in [0.05, 0.1) is 35.4 Å². The number of alkyl halides is 1. The first kappa shape index (κ1) is 43.8. The Bertz CT molecular complexity index is 2190. The molecular weight excluding hydrogens is 760 g/mol. The SMILES string of the molecule is CCC(C)C(=O)NC(C(=O)N1CC(F)CC1Cn1c(-c2[nH]c3cc(F)ccc3c2CC2CCCN2C(=O)C(CC)CC(=O)C(C)NC)nc2cc(F)ccc21)C(C)(C)C. The summed E-state index contributed by atoms with van der Waals surface area (Å²) in [4.78, 5) is 66.3. The lowest BCUT2D eigenvalue weighted by atomic mass is 9.85. The van der Waals surface area contributed by atoms with Gasteiger partial charge in [-0.2, -0.15) is 0 Å². The highest BCUT2D eigenvalue weighted by Gasteiger charge is 2.43. The van der Waals surface area contributed by atoms with E-state index in [0.717, 1.165) is 23.8 Å². The van der Waals surface area contributed by atoms with Crippen LogP contribution in [0.25, 0.3) is 33.5 Å². The topological polar surface area (TPSA) is 132 Å². The van der Waals surface area contributed by atoms with Crippen LogP contribution in [0.4, 0.5) is 13.2 Å². The van der Waals surface area contributed by atoms with Gasteiger partial charge >= 0.3 is 0 Å². The first-order chi connectivity index (χ1) is 27.9. The third-order valence-electron chi connectivity index (χ3n) is 12.6. The number of benzene rings is 2. The summed E-state index contributed by atoms with van der Waals surface area (Å²) in [5.74, 6) is -2.03. The summed E-state index contributed by atoms with van der Waals surface area (Å²) < 4.78 is 47.0. The lowest BCUT2D eigenvalue weighted by Crippen LogP contribution is -2.57. The van der Waals surface area contributed by atoms with Gasteiger partial charge in [-0.15, -0.1) is 0 Å². The second kappa shape index (κ2) is 17.9. The van der Waals surface area contributed by atoms with Gasteiger partial charge in [0.25, 0.3) is 0 Å². The van der Waals surface area contributed by atoms with Crippen LogP contribution >= 0.6 is 0 Å².